The number of thiol groups is 1. The van der Waals surface area contributed by atoms with Gasteiger partial charge < -0.3 is 9.80 Å². The molecule has 2 nitrogen and oxygen atoms in total. The number of hydrogen-bond acceptors (Lipinski definition) is 3. The highest BCUT2D eigenvalue weighted by Gasteiger charge is 2.31. The molecule has 1 aliphatic carbocycles. The molecule has 2 aliphatic rings. The van der Waals surface area contributed by atoms with E-state index in [1.54, 1.807) is 0 Å². The molecule has 2 fully saturated rings. The third-order valence-corrected chi connectivity index (χ3v) is 5.33. The zero-order valence-electron chi connectivity index (χ0n) is 12.5. The van der Waals surface area contributed by atoms with Gasteiger partial charge in [-0.2, -0.15) is 0 Å². The van der Waals surface area contributed by atoms with E-state index < -0.39 is 0 Å². The van der Waals surface area contributed by atoms with Gasteiger partial charge in [-0.15, -0.1) is 12.6 Å². The summed E-state index contributed by atoms with van der Waals surface area (Å²) < 4.78 is 0. The van der Waals surface area contributed by atoms with Gasteiger partial charge in [0.05, 0.1) is 0 Å². The van der Waals surface area contributed by atoms with Gasteiger partial charge in [-0.1, -0.05) is 19.1 Å². The van der Waals surface area contributed by atoms with Crippen LogP contribution in [0.5, 0.6) is 0 Å². The Hall–Kier alpha value is -0.510. The summed E-state index contributed by atoms with van der Waals surface area (Å²) in [7, 11) is 0. The highest BCUT2D eigenvalue weighted by atomic mass is 32.1. The molecule has 0 aromatic heterocycles. The van der Waals surface area contributed by atoms with Gasteiger partial charge in [0.25, 0.3) is 0 Å². The van der Waals surface area contributed by atoms with E-state index in [0.717, 1.165) is 16.7 Å². The maximum Gasteiger partial charge on any atom is 0.0110 e. The Kier molecular flexibility index (Phi) is 4.69. The number of nitrogens with zero attached hydrogens (tertiary/aromatic N) is 2. The van der Waals surface area contributed by atoms with E-state index in [4.69, 9.17) is 0 Å². The Balaban J connectivity index is 1.41. The maximum atomic E-state index is 4.36. The number of rotatable bonds is 4. The standard InChI is InChI=1S/C17H26N2S/c1-2-18-7-9-19(10-8-18)13-14-11-16(12-14)15-3-5-17(20)6-4-15/h3-6,14,16,20H,2,7-13H2,1H3. The zero-order valence-corrected chi connectivity index (χ0v) is 13.4. The lowest BCUT2D eigenvalue weighted by Gasteiger charge is -2.41. The summed E-state index contributed by atoms with van der Waals surface area (Å²) in [6.45, 7) is 9.85. The van der Waals surface area contributed by atoms with Gasteiger partial charge >= 0.3 is 0 Å². The van der Waals surface area contributed by atoms with E-state index in [2.05, 4.69) is 53.6 Å². The molecule has 0 amide bonds. The van der Waals surface area contributed by atoms with Crippen molar-refractivity contribution in [3.8, 4) is 0 Å². The first kappa shape index (κ1) is 14.4. The summed E-state index contributed by atoms with van der Waals surface area (Å²) in [4.78, 5) is 6.29. The predicted octanol–water partition coefficient (Wildman–Crippen LogP) is 3.11. The number of piperazine rings is 1. The molecule has 0 unspecified atom stereocenters. The highest BCUT2D eigenvalue weighted by molar-refractivity contribution is 7.80. The first-order valence-electron chi connectivity index (χ1n) is 7.98. The van der Waals surface area contributed by atoms with Gasteiger partial charge in [-0.25, -0.2) is 0 Å². The summed E-state index contributed by atoms with van der Waals surface area (Å²) in [5, 5.41) is 0. The molecule has 0 atom stereocenters. The van der Waals surface area contributed by atoms with Crippen molar-refractivity contribution < 1.29 is 0 Å². The van der Waals surface area contributed by atoms with Gasteiger partial charge in [0.1, 0.15) is 0 Å². The zero-order chi connectivity index (χ0) is 13.9. The van der Waals surface area contributed by atoms with Crippen LogP contribution in [0.1, 0.15) is 31.2 Å². The number of benzene rings is 1. The van der Waals surface area contributed by atoms with Crippen molar-refractivity contribution in [2.75, 3.05) is 39.3 Å². The lowest BCUT2D eigenvalue weighted by Crippen LogP contribution is -2.48. The second-order valence-electron chi connectivity index (χ2n) is 6.36. The fourth-order valence-electron chi connectivity index (χ4n) is 3.56. The minimum atomic E-state index is 0.797. The average Bonchev–Trinajstić information content (AvgIpc) is 2.44. The monoisotopic (exact) mass is 290 g/mol. The molecule has 0 bridgehead atoms. The van der Waals surface area contributed by atoms with E-state index >= 15 is 0 Å². The normalized spacial score (nSPS) is 28.3. The topological polar surface area (TPSA) is 6.48 Å². The van der Waals surface area contributed by atoms with E-state index in [0.29, 0.717) is 0 Å². The van der Waals surface area contributed by atoms with Crippen molar-refractivity contribution in [2.45, 2.75) is 30.6 Å². The van der Waals surface area contributed by atoms with Crippen LogP contribution in [0.2, 0.25) is 0 Å². The van der Waals surface area contributed by atoms with Crippen LogP contribution >= 0.6 is 12.6 Å². The van der Waals surface area contributed by atoms with Gasteiger partial charge in [-0.3, -0.25) is 0 Å². The van der Waals surface area contributed by atoms with Crippen molar-refractivity contribution >= 4 is 12.6 Å². The molecule has 1 aromatic rings. The summed E-state index contributed by atoms with van der Waals surface area (Å²) in [6, 6.07) is 8.75. The fraction of sp³-hybridized carbons (Fsp3) is 0.647. The molecule has 0 spiro atoms. The molecule has 1 aliphatic heterocycles. The molecule has 110 valence electrons. The van der Waals surface area contributed by atoms with Crippen LogP contribution in [0.25, 0.3) is 0 Å². The number of hydrogen-bond donors (Lipinski definition) is 1. The molecular formula is C17H26N2S. The van der Waals surface area contributed by atoms with Gasteiger partial charge in [0.15, 0.2) is 0 Å². The van der Waals surface area contributed by atoms with Gasteiger partial charge in [0, 0.05) is 37.6 Å². The van der Waals surface area contributed by atoms with Crippen molar-refractivity contribution in [3.05, 3.63) is 29.8 Å². The Bertz CT molecular complexity index is 417. The second kappa shape index (κ2) is 6.50. The van der Waals surface area contributed by atoms with E-state index in [-0.39, 0.29) is 0 Å². The summed E-state index contributed by atoms with van der Waals surface area (Å²) in [6.07, 6.45) is 2.75. The molecule has 1 saturated carbocycles. The van der Waals surface area contributed by atoms with E-state index in [1.165, 1.54) is 57.7 Å². The lowest BCUT2D eigenvalue weighted by atomic mass is 9.71. The Labute approximate surface area is 128 Å². The Morgan fingerprint density at radius 2 is 1.60 bits per heavy atom. The molecule has 1 heterocycles. The minimum Gasteiger partial charge on any atom is -0.301 e. The SMILES string of the molecule is CCN1CCN(CC2CC(c3ccc(S)cc3)C2)CC1. The van der Waals surface area contributed by atoms with Crippen LogP contribution in [0, 0.1) is 5.92 Å². The Morgan fingerprint density at radius 3 is 2.20 bits per heavy atom. The second-order valence-corrected chi connectivity index (χ2v) is 6.88. The average molecular weight is 290 g/mol. The van der Waals surface area contributed by atoms with Crippen molar-refractivity contribution in [1.29, 1.82) is 0 Å². The van der Waals surface area contributed by atoms with Crippen LogP contribution < -0.4 is 0 Å². The first-order valence-corrected chi connectivity index (χ1v) is 8.43. The van der Waals surface area contributed by atoms with E-state index in [1.807, 2.05) is 0 Å². The Morgan fingerprint density at radius 1 is 1.00 bits per heavy atom. The van der Waals surface area contributed by atoms with Crippen molar-refractivity contribution in [3.63, 3.8) is 0 Å². The summed E-state index contributed by atoms with van der Waals surface area (Å²) in [5.74, 6) is 1.72. The molecule has 3 heteroatoms. The van der Waals surface area contributed by atoms with Crippen LogP contribution in [0.15, 0.2) is 29.2 Å². The van der Waals surface area contributed by atoms with E-state index in [9.17, 15) is 0 Å². The molecule has 1 saturated heterocycles. The predicted molar refractivity (Wildman–Crippen MR) is 87.7 cm³/mol. The summed E-state index contributed by atoms with van der Waals surface area (Å²) in [5.41, 5.74) is 1.51. The first-order chi connectivity index (χ1) is 9.74. The lowest BCUT2D eigenvalue weighted by molar-refractivity contribution is 0.0964. The largest absolute Gasteiger partial charge is 0.301 e. The molecule has 20 heavy (non-hydrogen) atoms. The highest BCUT2D eigenvalue weighted by Crippen LogP contribution is 2.42. The summed E-state index contributed by atoms with van der Waals surface area (Å²) >= 11 is 4.36. The quantitative estimate of drug-likeness (QED) is 0.851. The van der Waals surface area contributed by atoms with Crippen molar-refractivity contribution in [1.82, 2.24) is 9.80 Å². The van der Waals surface area contributed by atoms with Gasteiger partial charge in [-0.05, 0) is 48.9 Å². The molecule has 0 N–H and O–H groups in total. The molecule has 0 radical (unpaired) electrons. The van der Waals surface area contributed by atoms with Crippen LogP contribution in [0.4, 0.5) is 0 Å². The van der Waals surface area contributed by atoms with Crippen LogP contribution in [-0.2, 0) is 0 Å². The molecule has 3 rings (SSSR count). The van der Waals surface area contributed by atoms with Crippen LogP contribution in [-0.4, -0.2) is 49.1 Å². The fourth-order valence-corrected chi connectivity index (χ4v) is 3.71. The van der Waals surface area contributed by atoms with Crippen molar-refractivity contribution in [2.24, 2.45) is 5.92 Å². The maximum absolute atomic E-state index is 4.36. The third kappa shape index (κ3) is 3.38. The number of likely N-dealkylation sites (N-methyl/N-ethyl adjacent to an activating group) is 1. The van der Waals surface area contributed by atoms with Gasteiger partial charge in [0.2, 0.25) is 0 Å². The molecule has 1 aromatic carbocycles. The smallest absolute Gasteiger partial charge is 0.0110 e. The third-order valence-electron chi connectivity index (χ3n) is 5.03. The molecular weight excluding hydrogens is 264 g/mol. The minimum absolute atomic E-state index is 0.797. The van der Waals surface area contributed by atoms with Crippen LogP contribution in [0.3, 0.4) is 0 Å².